The fraction of sp³-hybridized carbons (Fsp3) is 0.846. The minimum absolute atomic E-state index is 0.000324. The molecule has 5 nitrogen and oxygen atoms in total. The summed E-state index contributed by atoms with van der Waals surface area (Å²) in [6, 6.07) is 0. The Balaban J connectivity index is 2.12. The van der Waals surface area contributed by atoms with E-state index in [0.29, 0.717) is 19.0 Å². The Hall–Kier alpha value is -0.780. The molecule has 1 N–H and O–H groups in total. The molecule has 2 aliphatic heterocycles. The van der Waals surface area contributed by atoms with E-state index in [1.807, 2.05) is 0 Å². The van der Waals surface area contributed by atoms with Crippen molar-refractivity contribution in [1.29, 1.82) is 0 Å². The number of amides is 1. The van der Waals surface area contributed by atoms with Crippen molar-refractivity contribution in [2.45, 2.75) is 62.6 Å². The van der Waals surface area contributed by atoms with Crippen LogP contribution in [-0.2, 0) is 13.9 Å². The smallest absolute Gasteiger partial charge is 0.449 e. The molecule has 0 aromatic heterocycles. The number of nitrogens with one attached hydrogen (secondary N) is 1. The Morgan fingerprint density at radius 3 is 3.11 bits per heavy atom. The largest absolute Gasteiger partial charge is 0.484 e. The van der Waals surface area contributed by atoms with Gasteiger partial charge < -0.3 is 9.16 Å². The lowest BCUT2D eigenvalue weighted by molar-refractivity contribution is -0.504. The number of alkyl carbamates (subject to hydrolysis) is 1. The molecular weight excluding hydrogens is 314 g/mol. The maximum atomic E-state index is 11.7. The highest BCUT2D eigenvalue weighted by atomic mass is 79.9. The van der Waals surface area contributed by atoms with Gasteiger partial charge in [-0.25, -0.2) is 4.79 Å². The van der Waals surface area contributed by atoms with E-state index >= 15 is 0 Å². The van der Waals surface area contributed by atoms with Gasteiger partial charge in [0.05, 0.1) is 20.0 Å². The summed E-state index contributed by atoms with van der Waals surface area (Å²) in [6.45, 7) is 4.29. The fourth-order valence-corrected chi connectivity index (χ4v) is 3.41. The maximum absolute atomic E-state index is 11.7. The zero-order valence-electron chi connectivity index (χ0n) is 11.4. The van der Waals surface area contributed by atoms with E-state index in [0.717, 1.165) is 25.7 Å². The molecule has 0 aliphatic carbocycles. The quantitative estimate of drug-likeness (QED) is 0.364. The van der Waals surface area contributed by atoms with Crippen LogP contribution in [0.25, 0.3) is 0 Å². The van der Waals surface area contributed by atoms with Crippen molar-refractivity contribution < 1.29 is 18.7 Å². The average Bonchev–Trinajstić information content (AvgIpc) is 2.58. The molecule has 1 amide bonds. The van der Waals surface area contributed by atoms with E-state index in [1.54, 1.807) is 6.92 Å². The number of carbonyl (C=O) groups is 1. The van der Waals surface area contributed by atoms with Crippen LogP contribution in [0.15, 0.2) is 0 Å². The maximum Gasteiger partial charge on any atom is 0.484 e. The Morgan fingerprint density at radius 2 is 2.37 bits per heavy atom. The molecule has 0 radical (unpaired) electrons. The highest BCUT2D eigenvalue weighted by Crippen LogP contribution is 2.35. The minimum atomic E-state index is -0.842. The average molecular weight is 335 g/mol. The van der Waals surface area contributed by atoms with Crippen LogP contribution >= 0.6 is 15.9 Å². The third-order valence-electron chi connectivity index (χ3n) is 3.54. The lowest BCUT2D eigenvalue weighted by Gasteiger charge is -2.27. The molecule has 1 saturated heterocycles. The number of ether oxygens (including phenoxy) is 2. The Labute approximate surface area is 121 Å². The number of esters is 1. The molecule has 0 spiro atoms. The van der Waals surface area contributed by atoms with Gasteiger partial charge in [-0.2, -0.15) is 0 Å². The number of cyclic esters (lactones) is 1. The predicted molar refractivity (Wildman–Crippen MR) is 74.2 cm³/mol. The van der Waals surface area contributed by atoms with Crippen molar-refractivity contribution in [3.63, 3.8) is 0 Å². The Morgan fingerprint density at radius 1 is 1.58 bits per heavy atom. The summed E-state index contributed by atoms with van der Waals surface area (Å²) in [7, 11) is 0. The summed E-state index contributed by atoms with van der Waals surface area (Å²) in [5.41, 5.74) is -0.842. The molecule has 2 unspecified atom stereocenters. The first-order valence-corrected chi connectivity index (χ1v) is 7.78. The number of rotatable bonds is 5. The van der Waals surface area contributed by atoms with Crippen LogP contribution in [0.1, 0.15) is 46.0 Å². The first kappa shape index (κ1) is 14.6. The molecule has 19 heavy (non-hydrogen) atoms. The molecule has 0 aromatic carbocycles. The van der Waals surface area contributed by atoms with E-state index in [9.17, 15) is 4.79 Å². The second-order valence-electron chi connectivity index (χ2n) is 5.01. The summed E-state index contributed by atoms with van der Waals surface area (Å²) in [4.78, 5) is 11.7. The second-order valence-corrected chi connectivity index (χ2v) is 6.11. The number of hydrogen-bond donors (Lipinski definition) is 1. The number of carbonyl (C=O) groups excluding carboxylic acids is 2. The molecule has 3 atom stereocenters. The first-order valence-electron chi connectivity index (χ1n) is 6.86. The van der Waals surface area contributed by atoms with Gasteiger partial charge >= 0.3 is 17.8 Å². The molecule has 2 aliphatic rings. The third kappa shape index (κ3) is 3.04. The lowest BCUT2D eigenvalue weighted by Crippen LogP contribution is -2.60. The zero-order chi connectivity index (χ0) is 13.9. The van der Waals surface area contributed by atoms with Crippen LogP contribution in [0.2, 0.25) is 0 Å². The van der Waals surface area contributed by atoms with Crippen LogP contribution < -0.4 is 5.32 Å². The van der Waals surface area contributed by atoms with E-state index in [2.05, 4.69) is 28.2 Å². The molecule has 108 valence electrons. The van der Waals surface area contributed by atoms with Crippen molar-refractivity contribution in [2.24, 2.45) is 0 Å². The minimum Gasteiger partial charge on any atom is -0.449 e. The molecule has 6 heteroatoms. The summed E-state index contributed by atoms with van der Waals surface area (Å²) < 4.78 is 16.6. The van der Waals surface area contributed by atoms with Crippen LogP contribution in [0, 0.1) is 0 Å². The van der Waals surface area contributed by atoms with Crippen LogP contribution in [-0.4, -0.2) is 35.3 Å². The van der Waals surface area contributed by atoms with E-state index in [1.165, 1.54) is 0 Å². The van der Waals surface area contributed by atoms with Gasteiger partial charge in [-0.3, -0.25) is 10.1 Å². The first-order chi connectivity index (χ1) is 9.08. The highest BCUT2D eigenvalue weighted by molar-refractivity contribution is 9.09. The van der Waals surface area contributed by atoms with Crippen molar-refractivity contribution in [1.82, 2.24) is 5.32 Å². The van der Waals surface area contributed by atoms with Crippen LogP contribution in [0.3, 0.4) is 0 Å². The monoisotopic (exact) mass is 334 g/mol. The van der Waals surface area contributed by atoms with Gasteiger partial charge in [0.1, 0.15) is 4.83 Å². The van der Waals surface area contributed by atoms with Crippen molar-refractivity contribution in [3.8, 4) is 0 Å². The zero-order valence-corrected chi connectivity index (χ0v) is 13.0. The molecular formula is C13H21BrNO4+. The van der Waals surface area contributed by atoms with E-state index in [4.69, 9.17) is 13.9 Å². The van der Waals surface area contributed by atoms with Crippen LogP contribution in [0.5, 0.6) is 0 Å². The Kier molecular flexibility index (Phi) is 4.71. The van der Waals surface area contributed by atoms with Gasteiger partial charge in [-0.15, -0.1) is 0 Å². The number of alkyl halides is 1. The number of unbranched alkanes of at least 4 members (excludes halogenated alkanes) is 2. The normalized spacial score (nSPS) is 31.4. The second kappa shape index (κ2) is 6.11. The van der Waals surface area contributed by atoms with E-state index < -0.39 is 11.8 Å². The molecule has 1 fully saturated rings. The van der Waals surface area contributed by atoms with Crippen molar-refractivity contribution in [2.75, 3.05) is 6.61 Å². The third-order valence-corrected chi connectivity index (χ3v) is 4.67. The Bertz CT molecular complexity index is 374. The summed E-state index contributed by atoms with van der Waals surface area (Å²) in [5.74, 6) is 0.507. The van der Waals surface area contributed by atoms with E-state index in [-0.39, 0.29) is 10.9 Å². The van der Waals surface area contributed by atoms with Gasteiger partial charge in [0.25, 0.3) is 6.10 Å². The van der Waals surface area contributed by atoms with Crippen molar-refractivity contribution in [3.05, 3.63) is 0 Å². The van der Waals surface area contributed by atoms with Crippen molar-refractivity contribution >= 4 is 28.0 Å². The highest BCUT2D eigenvalue weighted by Gasteiger charge is 2.63. The number of hydrogen-bond acceptors (Lipinski definition) is 3. The fourth-order valence-electron chi connectivity index (χ4n) is 2.58. The summed E-state index contributed by atoms with van der Waals surface area (Å²) >= 11 is 3.67. The molecule has 2 heterocycles. The number of halogens is 1. The lowest BCUT2D eigenvalue weighted by atomic mass is 9.96. The number of fused-ring (bicyclic) bond motifs is 1. The summed E-state index contributed by atoms with van der Waals surface area (Å²) in [5, 5.41) is 2.84. The summed E-state index contributed by atoms with van der Waals surface area (Å²) in [6.07, 6.45) is 4.31. The molecule has 2 rings (SSSR count). The van der Waals surface area contributed by atoms with Gasteiger partial charge in [0.2, 0.25) is 0 Å². The molecule has 0 saturated carbocycles. The van der Waals surface area contributed by atoms with Gasteiger partial charge in [0, 0.05) is 0 Å². The SMILES string of the molecule is CCCCC[C@H](Br)C12NC(=O)OCCC1[O+]=C(C)O2. The predicted octanol–water partition coefficient (Wildman–Crippen LogP) is 2.64. The molecule has 0 aromatic rings. The molecule has 0 bridgehead atoms. The van der Waals surface area contributed by atoms with Gasteiger partial charge in [-0.05, 0) is 6.42 Å². The van der Waals surface area contributed by atoms with Gasteiger partial charge in [0.15, 0.2) is 0 Å². The standard InChI is InChI=1S/C13H20BrNO4/c1-3-4-5-6-10(14)13-11(18-9(2)19-13)7-8-17-12(16)15-13/h10-11H,3-8H2,1-2H3/p+1/t10-,11?,13?/m0/s1. The topological polar surface area (TPSA) is 58.9 Å². The van der Waals surface area contributed by atoms with Crippen LogP contribution in [0.4, 0.5) is 4.79 Å². The van der Waals surface area contributed by atoms with Gasteiger partial charge in [-0.1, -0.05) is 42.1 Å².